The highest BCUT2D eigenvalue weighted by Crippen LogP contribution is 2.19. The fourth-order valence-corrected chi connectivity index (χ4v) is 2.46. The summed E-state index contributed by atoms with van der Waals surface area (Å²) in [6.07, 6.45) is 3.44. The lowest BCUT2D eigenvalue weighted by atomic mass is 10.2. The molecule has 0 aliphatic carbocycles. The summed E-state index contributed by atoms with van der Waals surface area (Å²) in [5.41, 5.74) is 0.330. The first-order valence-electron chi connectivity index (χ1n) is 8.50. The molecule has 0 aliphatic rings. The molecule has 0 aliphatic heterocycles. The third-order valence-corrected chi connectivity index (χ3v) is 3.79. The minimum Gasteiger partial charge on any atom is -0.493 e. The number of carboxylic acids is 2. The summed E-state index contributed by atoms with van der Waals surface area (Å²) in [5, 5.41) is 18.2. The zero-order valence-corrected chi connectivity index (χ0v) is 14.4. The van der Waals surface area contributed by atoms with Crippen molar-refractivity contribution in [3.63, 3.8) is 0 Å². The Morgan fingerprint density at radius 2 is 1.04 bits per heavy atom. The molecule has 26 heavy (non-hydrogen) atoms. The van der Waals surface area contributed by atoms with Crippen molar-refractivity contribution in [3.05, 3.63) is 59.7 Å². The van der Waals surface area contributed by atoms with Gasteiger partial charge in [0.2, 0.25) is 0 Å². The van der Waals surface area contributed by atoms with E-state index in [-0.39, 0.29) is 11.1 Å². The average Bonchev–Trinajstić information content (AvgIpc) is 2.64. The number of unbranched alkanes of at least 4 members (excludes halogenated alkanes) is 3. The second-order valence-corrected chi connectivity index (χ2v) is 5.71. The molecular formula is C20H22O6. The van der Waals surface area contributed by atoms with E-state index in [1.807, 2.05) is 0 Å². The largest absolute Gasteiger partial charge is 0.493 e. The van der Waals surface area contributed by atoms with Crippen molar-refractivity contribution in [1.82, 2.24) is 0 Å². The first-order chi connectivity index (χ1) is 12.6. The van der Waals surface area contributed by atoms with Crippen molar-refractivity contribution in [2.45, 2.75) is 25.7 Å². The van der Waals surface area contributed by atoms with Crippen LogP contribution < -0.4 is 9.47 Å². The molecule has 2 aromatic rings. The number of aromatic carboxylic acids is 2. The van der Waals surface area contributed by atoms with Gasteiger partial charge in [-0.15, -0.1) is 0 Å². The molecule has 0 amide bonds. The number of carbonyl (C=O) groups is 2. The predicted molar refractivity (Wildman–Crippen MR) is 96.3 cm³/mol. The van der Waals surface area contributed by atoms with Gasteiger partial charge < -0.3 is 19.7 Å². The van der Waals surface area contributed by atoms with Gasteiger partial charge in [-0.1, -0.05) is 24.3 Å². The summed E-state index contributed by atoms with van der Waals surface area (Å²) in [7, 11) is 0. The normalized spacial score (nSPS) is 10.3. The third-order valence-electron chi connectivity index (χ3n) is 3.79. The Morgan fingerprint density at radius 3 is 1.42 bits per heavy atom. The van der Waals surface area contributed by atoms with Crippen LogP contribution in [0.2, 0.25) is 0 Å². The highest BCUT2D eigenvalue weighted by atomic mass is 16.5. The van der Waals surface area contributed by atoms with Crippen LogP contribution in [-0.4, -0.2) is 35.4 Å². The van der Waals surface area contributed by atoms with E-state index in [9.17, 15) is 9.59 Å². The number of ether oxygens (including phenoxy) is 2. The smallest absolute Gasteiger partial charge is 0.339 e. The maximum atomic E-state index is 11.1. The van der Waals surface area contributed by atoms with Gasteiger partial charge in [0.15, 0.2) is 0 Å². The van der Waals surface area contributed by atoms with Gasteiger partial charge in [0.05, 0.1) is 13.2 Å². The molecule has 2 rings (SSSR count). The second kappa shape index (κ2) is 10.1. The molecule has 6 nitrogen and oxygen atoms in total. The molecule has 0 radical (unpaired) electrons. The quantitative estimate of drug-likeness (QED) is 0.588. The van der Waals surface area contributed by atoms with Gasteiger partial charge in [-0.3, -0.25) is 0 Å². The molecule has 0 atom stereocenters. The number of rotatable bonds is 11. The number of benzene rings is 2. The maximum absolute atomic E-state index is 11.1. The van der Waals surface area contributed by atoms with Crippen LogP contribution in [0, 0.1) is 0 Å². The lowest BCUT2D eigenvalue weighted by molar-refractivity contribution is 0.0680. The first kappa shape index (κ1) is 19.3. The molecule has 138 valence electrons. The molecule has 0 spiro atoms. The Bertz CT molecular complexity index is 677. The molecule has 0 unspecified atom stereocenters. The second-order valence-electron chi connectivity index (χ2n) is 5.71. The SMILES string of the molecule is O=C(O)c1ccccc1OCCCCCCOc1ccccc1C(=O)O. The molecule has 2 aromatic carbocycles. The molecule has 0 aromatic heterocycles. The summed E-state index contributed by atoms with van der Waals surface area (Å²) in [6.45, 7) is 0.903. The van der Waals surface area contributed by atoms with E-state index in [0.29, 0.717) is 24.7 Å². The standard InChI is InChI=1S/C20H22O6/c21-19(22)15-9-3-5-11-17(15)25-13-7-1-2-8-14-26-18-12-6-4-10-16(18)20(23)24/h3-6,9-12H,1-2,7-8,13-14H2,(H,21,22)(H,23,24). The summed E-state index contributed by atoms with van der Waals surface area (Å²) in [5.74, 6) is -1.24. The molecule has 0 saturated heterocycles. The fraction of sp³-hybridized carbons (Fsp3) is 0.300. The Hall–Kier alpha value is -3.02. The van der Waals surface area contributed by atoms with E-state index in [1.165, 1.54) is 12.1 Å². The van der Waals surface area contributed by atoms with Crippen LogP contribution >= 0.6 is 0 Å². The predicted octanol–water partition coefficient (Wildman–Crippen LogP) is 4.10. The van der Waals surface area contributed by atoms with Gasteiger partial charge in [0.25, 0.3) is 0 Å². The van der Waals surface area contributed by atoms with Crippen LogP contribution in [0.1, 0.15) is 46.4 Å². The highest BCUT2D eigenvalue weighted by Gasteiger charge is 2.10. The number of para-hydroxylation sites is 2. The van der Waals surface area contributed by atoms with Gasteiger partial charge in [-0.05, 0) is 49.9 Å². The lowest BCUT2D eigenvalue weighted by Gasteiger charge is -2.10. The van der Waals surface area contributed by atoms with Crippen LogP contribution in [0.3, 0.4) is 0 Å². The molecule has 0 fully saturated rings. The van der Waals surface area contributed by atoms with E-state index in [1.54, 1.807) is 36.4 Å². The van der Waals surface area contributed by atoms with E-state index in [0.717, 1.165) is 25.7 Å². The first-order valence-corrected chi connectivity index (χ1v) is 8.50. The van der Waals surface area contributed by atoms with Crippen molar-refractivity contribution in [2.24, 2.45) is 0 Å². The van der Waals surface area contributed by atoms with Crippen molar-refractivity contribution in [2.75, 3.05) is 13.2 Å². The molecule has 0 heterocycles. The topological polar surface area (TPSA) is 93.1 Å². The van der Waals surface area contributed by atoms with E-state index < -0.39 is 11.9 Å². The van der Waals surface area contributed by atoms with Crippen molar-refractivity contribution < 1.29 is 29.3 Å². The highest BCUT2D eigenvalue weighted by molar-refractivity contribution is 5.91. The monoisotopic (exact) mass is 358 g/mol. The maximum Gasteiger partial charge on any atom is 0.339 e. The van der Waals surface area contributed by atoms with E-state index >= 15 is 0 Å². The van der Waals surface area contributed by atoms with Crippen molar-refractivity contribution in [1.29, 1.82) is 0 Å². The summed E-state index contributed by atoms with van der Waals surface area (Å²) < 4.78 is 11.1. The molecular weight excluding hydrogens is 336 g/mol. The summed E-state index contributed by atoms with van der Waals surface area (Å²) in [6, 6.07) is 13.2. The number of carboxylic acid groups (broad SMARTS) is 2. The molecule has 6 heteroatoms. The Labute approximate surface area is 152 Å². The molecule has 2 N–H and O–H groups in total. The van der Waals surface area contributed by atoms with Crippen molar-refractivity contribution >= 4 is 11.9 Å². The summed E-state index contributed by atoms with van der Waals surface area (Å²) in [4.78, 5) is 22.2. The van der Waals surface area contributed by atoms with Crippen LogP contribution in [0.15, 0.2) is 48.5 Å². The lowest BCUT2D eigenvalue weighted by Crippen LogP contribution is -2.05. The van der Waals surface area contributed by atoms with Gasteiger partial charge in [-0.2, -0.15) is 0 Å². The Balaban J connectivity index is 1.62. The van der Waals surface area contributed by atoms with E-state index in [2.05, 4.69) is 0 Å². The Kier molecular flexibility index (Phi) is 7.49. The minimum atomic E-state index is -1.00. The molecule has 0 saturated carbocycles. The van der Waals surface area contributed by atoms with Crippen LogP contribution in [-0.2, 0) is 0 Å². The zero-order chi connectivity index (χ0) is 18.8. The van der Waals surface area contributed by atoms with E-state index in [4.69, 9.17) is 19.7 Å². The fourth-order valence-electron chi connectivity index (χ4n) is 2.46. The van der Waals surface area contributed by atoms with Gasteiger partial charge in [0, 0.05) is 0 Å². The number of hydrogen-bond acceptors (Lipinski definition) is 4. The van der Waals surface area contributed by atoms with Gasteiger partial charge >= 0.3 is 11.9 Å². The minimum absolute atomic E-state index is 0.165. The average molecular weight is 358 g/mol. The number of hydrogen-bond donors (Lipinski definition) is 2. The third kappa shape index (κ3) is 5.81. The van der Waals surface area contributed by atoms with Gasteiger partial charge in [-0.25, -0.2) is 9.59 Å². The van der Waals surface area contributed by atoms with Crippen LogP contribution in [0.4, 0.5) is 0 Å². The van der Waals surface area contributed by atoms with Crippen molar-refractivity contribution in [3.8, 4) is 11.5 Å². The zero-order valence-electron chi connectivity index (χ0n) is 14.4. The van der Waals surface area contributed by atoms with Crippen LogP contribution in [0.5, 0.6) is 11.5 Å². The van der Waals surface area contributed by atoms with Crippen LogP contribution in [0.25, 0.3) is 0 Å². The molecule has 0 bridgehead atoms. The van der Waals surface area contributed by atoms with Gasteiger partial charge in [0.1, 0.15) is 22.6 Å². The Morgan fingerprint density at radius 1 is 0.654 bits per heavy atom. The summed E-state index contributed by atoms with van der Waals surface area (Å²) >= 11 is 0.